The average Bonchev–Trinajstić information content (AvgIpc) is 3.04. The van der Waals surface area contributed by atoms with Gasteiger partial charge in [0.25, 0.3) is 5.91 Å². The average molecular weight is 342 g/mol. The second-order valence-electron chi connectivity index (χ2n) is 6.46. The number of para-hydroxylation sites is 1. The maximum absolute atomic E-state index is 12.4. The van der Waals surface area contributed by atoms with Crippen LogP contribution in [0.4, 0.5) is 5.69 Å². The van der Waals surface area contributed by atoms with E-state index in [1.807, 2.05) is 36.9 Å². The van der Waals surface area contributed by atoms with Crippen molar-refractivity contribution in [2.45, 2.75) is 25.8 Å². The number of anilines is 1. The highest BCUT2D eigenvalue weighted by atomic mass is 16.2. The predicted molar refractivity (Wildman–Crippen MR) is 97.9 cm³/mol. The summed E-state index contributed by atoms with van der Waals surface area (Å²) in [6, 6.07) is 10.4. The highest BCUT2D eigenvalue weighted by Gasteiger charge is 2.22. The molecule has 25 heavy (non-hydrogen) atoms. The Kier molecular flexibility index (Phi) is 5.65. The van der Waals surface area contributed by atoms with Gasteiger partial charge in [-0.2, -0.15) is 0 Å². The molecule has 7 heteroatoms. The maximum atomic E-state index is 12.4. The van der Waals surface area contributed by atoms with Gasteiger partial charge in [0.15, 0.2) is 5.69 Å². The van der Waals surface area contributed by atoms with Crippen molar-refractivity contribution in [3.05, 3.63) is 41.7 Å². The summed E-state index contributed by atoms with van der Waals surface area (Å²) in [6.07, 6.45) is 2.04. The second-order valence-corrected chi connectivity index (χ2v) is 6.46. The first-order valence-electron chi connectivity index (χ1n) is 8.83. The molecule has 3 rings (SSSR count). The minimum Gasteiger partial charge on any atom is -0.373 e. The topological polar surface area (TPSA) is 75.1 Å². The summed E-state index contributed by atoms with van der Waals surface area (Å²) in [4.78, 5) is 14.5. The van der Waals surface area contributed by atoms with Crippen molar-refractivity contribution >= 4 is 11.6 Å². The number of amides is 1. The van der Waals surface area contributed by atoms with Crippen LogP contribution in [0.3, 0.4) is 0 Å². The number of carbonyl (C=O) groups excluding carboxylic acids is 1. The number of hydrogen-bond donors (Lipinski definition) is 2. The quantitative estimate of drug-likeness (QED) is 0.829. The molecule has 134 valence electrons. The lowest BCUT2D eigenvalue weighted by molar-refractivity contribution is 0.0949. The molecule has 1 amide bonds. The Morgan fingerprint density at radius 2 is 2.04 bits per heavy atom. The van der Waals surface area contributed by atoms with Crippen LogP contribution in [0.1, 0.15) is 35.1 Å². The van der Waals surface area contributed by atoms with Crippen molar-refractivity contribution in [3.63, 3.8) is 0 Å². The first kappa shape index (κ1) is 17.4. The van der Waals surface area contributed by atoms with Gasteiger partial charge < -0.3 is 15.5 Å². The van der Waals surface area contributed by atoms with E-state index >= 15 is 0 Å². The zero-order valence-electron chi connectivity index (χ0n) is 14.9. The Morgan fingerprint density at radius 1 is 1.32 bits per heavy atom. The van der Waals surface area contributed by atoms with Crippen molar-refractivity contribution in [1.29, 1.82) is 0 Å². The van der Waals surface area contributed by atoms with E-state index in [1.165, 1.54) is 0 Å². The summed E-state index contributed by atoms with van der Waals surface area (Å²) in [5, 5.41) is 14.6. The third-order valence-corrected chi connectivity index (χ3v) is 4.73. The van der Waals surface area contributed by atoms with Crippen molar-refractivity contribution in [1.82, 2.24) is 25.6 Å². The third kappa shape index (κ3) is 4.17. The van der Waals surface area contributed by atoms with E-state index in [-0.39, 0.29) is 5.91 Å². The zero-order chi connectivity index (χ0) is 17.6. The number of benzene rings is 1. The molecule has 1 saturated heterocycles. The normalized spacial score (nSPS) is 15.1. The Morgan fingerprint density at radius 3 is 2.76 bits per heavy atom. The minimum atomic E-state index is -0.154. The van der Waals surface area contributed by atoms with Crippen LogP contribution in [0, 0.1) is 6.92 Å². The lowest BCUT2D eigenvalue weighted by Gasteiger charge is -2.23. The van der Waals surface area contributed by atoms with Crippen LogP contribution in [0.25, 0.3) is 0 Å². The molecule has 2 N–H and O–H groups in total. The van der Waals surface area contributed by atoms with E-state index in [0.717, 1.165) is 43.9 Å². The van der Waals surface area contributed by atoms with Gasteiger partial charge in [0.2, 0.25) is 0 Å². The van der Waals surface area contributed by atoms with E-state index in [4.69, 9.17) is 0 Å². The molecule has 2 heterocycles. The van der Waals surface area contributed by atoms with E-state index in [9.17, 15) is 4.79 Å². The molecule has 1 fully saturated rings. The van der Waals surface area contributed by atoms with Crippen LogP contribution in [-0.2, 0) is 0 Å². The molecule has 0 aliphatic carbocycles. The molecule has 0 bridgehead atoms. The van der Waals surface area contributed by atoms with Crippen molar-refractivity contribution in [2.24, 2.45) is 0 Å². The Balaban J connectivity index is 1.54. The fourth-order valence-corrected chi connectivity index (χ4v) is 3.18. The van der Waals surface area contributed by atoms with Gasteiger partial charge in [-0.3, -0.25) is 4.79 Å². The third-order valence-electron chi connectivity index (χ3n) is 4.73. The summed E-state index contributed by atoms with van der Waals surface area (Å²) in [5.74, 6) is -0.154. The molecule has 2 aromatic rings. The minimum absolute atomic E-state index is 0.154. The first-order valence-corrected chi connectivity index (χ1v) is 8.83. The molecule has 1 aromatic heterocycles. The molecule has 0 atom stereocenters. The molecule has 1 aliphatic heterocycles. The van der Waals surface area contributed by atoms with Crippen molar-refractivity contribution in [3.8, 4) is 0 Å². The SMILES string of the molecule is Cc1c(C(=O)NCCN(C)c2ccccc2)nnn1C1CCNCC1. The highest BCUT2D eigenvalue weighted by Crippen LogP contribution is 2.20. The Hall–Kier alpha value is -2.41. The smallest absolute Gasteiger partial charge is 0.273 e. The summed E-state index contributed by atoms with van der Waals surface area (Å²) < 4.78 is 1.91. The fraction of sp³-hybridized carbons (Fsp3) is 0.500. The number of nitrogens with zero attached hydrogens (tertiary/aromatic N) is 4. The van der Waals surface area contributed by atoms with E-state index < -0.39 is 0 Å². The van der Waals surface area contributed by atoms with Crippen LogP contribution >= 0.6 is 0 Å². The Bertz CT molecular complexity index is 693. The molecule has 1 aliphatic rings. The van der Waals surface area contributed by atoms with Gasteiger partial charge >= 0.3 is 0 Å². The van der Waals surface area contributed by atoms with E-state index in [2.05, 4.69) is 38.0 Å². The number of carbonyl (C=O) groups is 1. The van der Waals surface area contributed by atoms with Crippen LogP contribution in [0.5, 0.6) is 0 Å². The molecule has 0 unspecified atom stereocenters. The Labute approximate surface area is 148 Å². The summed E-state index contributed by atoms with van der Waals surface area (Å²) in [5.41, 5.74) is 2.41. The lowest BCUT2D eigenvalue weighted by atomic mass is 10.1. The van der Waals surface area contributed by atoms with Crippen molar-refractivity contribution < 1.29 is 4.79 Å². The molecule has 0 radical (unpaired) electrons. The largest absolute Gasteiger partial charge is 0.373 e. The first-order chi connectivity index (χ1) is 12.2. The van der Waals surface area contributed by atoms with Gasteiger partial charge in [0.05, 0.1) is 11.7 Å². The lowest BCUT2D eigenvalue weighted by Crippen LogP contribution is -2.33. The highest BCUT2D eigenvalue weighted by molar-refractivity contribution is 5.93. The predicted octanol–water partition coefficient (Wildman–Crippen LogP) is 1.38. The molecular formula is C18H26N6O. The number of piperidine rings is 1. The second kappa shape index (κ2) is 8.11. The van der Waals surface area contributed by atoms with Gasteiger partial charge in [-0.1, -0.05) is 23.4 Å². The maximum Gasteiger partial charge on any atom is 0.273 e. The van der Waals surface area contributed by atoms with E-state index in [0.29, 0.717) is 18.3 Å². The van der Waals surface area contributed by atoms with Crippen LogP contribution in [0.15, 0.2) is 30.3 Å². The van der Waals surface area contributed by atoms with Gasteiger partial charge in [0.1, 0.15) is 0 Å². The van der Waals surface area contributed by atoms with Crippen LogP contribution in [-0.4, -0.2) is 54.1 Å². The molecule has 1 aromatic carbocycles. The monoisotopic (exact) mass is 342 g/mol. The number of likely N-dealkylation sites (N-methyl/N-ethyl adjacent to an activating group) is 1. The number of nitrogens with one attached hydrogen (secondary N) is 2. The molecular weight excluding hydrogens is 316 g/mol. The van der Waals surface area contributed by atoms with E-state index in [1.54, 1.807) is 0 Å². The molecule has 0 spiro atoms. The molecule has 0 saturated carbocycles. The standard InChI is InChI=1S/C18H26N6O/c1-14-17(21-22-24(14)16-8-10-19-11-9-16)18(25)20-12-13-23(2)15-6-4-3-5-7-15/h3-7,16,19H,8-13H2,1-2H3,(H,20,25). The summed E-state index contributed by atoms with van der Waals surface area (Å²) >= 11 is 0. The fourth-order valence-electron chi connectivity index (χ4n) is 3.18. The van der Waals surface area contributed by atoms with Gasteiger partial charge in [0, 0.05) is 25.8 Å². The van der Waals surface area contributed by atoms with Crippen molar-refractivity contribution in [2.75, 3.05) is 38.1 Å². The molecule has 7 nitrogen and oxygen atoms in total. The number of rotatable bonds is 6. The zero-order valence-corrected chi connectivity index (χ0v) is 14.9. The van der Waals surface area contributed by atoms with Crippen LogP contribution < -0.4 is 15.5 Å². The summed E-state index contributed by atoms with van der Waals surface area (Å²) in [7, 11) is 2.01. The van der Waals surface area contributed by atoms with Gasteiger partial charge in [-0.25, -0.2) is 4.68 Å². The summed E-state index contributed by atoms with van der Waals surface area (Å²) in [6.45, 7) is 5.18. The van der Waals surface area contributed by atoms with Gasteiger partial charge in [-0.15, -0.1) is 5.10 Å². The number of aromatic nitrogens is 3. The number of hydrogen-bond acceptors (Lipinski definition) is 5. The van der Waals surface area contributed by atoms with Gasteiger partial charge in [-0.05, 0) is 45.0 Å². The van der Waals surface area contributed by atoms with Crippen LogP contribution in [0.2, 0.25) is 0 Å².